The molecule has 1 aliphatic rings. The zero-order chi connectivity index (χ0) is 10.7. The highest BCUT2D eigenvalue weighted by Crippen LogP contribution is 2.27. The van der Waals surface area contributed by atoms with Crippen LogP contribution in [0.1, 0.15) is 6.92 Å². The Hall–Kier alpha value is -0.200. The second kappa shape index (κ2) is 5.04. The molecule has 0 aromatic carbocycles. The van der Waals surface area contributed by atoms with Gasteiger partial charge in [0.1, 0.15) is 12.2 Å². The highest BCUT2D eigenvalue weighted by atomic mass is 16.7. The third-order valence-electron chi connectivity index (χ3n) is 2.66. The number of ether oxygens (including phenoxy) is 3. The van der Waals surface area contributed by atoms with Crippen molar-refractivity contribution in [3.63, 3.8) is 0 Å². The van der Waals surface area contributed by atoms with Gasteiger partial charge in [0.05, 0.1) is 12.7 Å². The summed E-state index contributed by atoms with van der Waals surface area (Å²) in [5, 5.41) is 18.7. The zero-order valence-corrected chi connectivity index (χ0v) is 8.71. The molecule has 0 bridgehead atoms. The maximum Gasteiger partial charge on any atom is 0.162 e. The molecule has 5 nitrogen and oxygen atoms in total. The molecule has 5 heteroatoms. The maximum atomic E-state index is 9.75. The van der Waals surface area contributed by atoms with E-state index in [-0.39, 0.29) is 18.6 Å². The minimum atomic E-state index is -0.814. The molecule has 1 heterocycles. The summed E-state index contributed by atoms with van der Waals surface area (Å²) in [4.78, 5) is 0. The molecule has 0 aliphatic carbocycles. The van der Waals surface area contributed by atoms with Gasteiger partial charge in [0.2, 0.25) is 0 Å². The summed E-state index contributed by atoms with van der Waals surface area (Å²) in [5.74, 6) is -0.0669. The predicted molar refractivity (Wildman–Crippen MR) is 48.7 cm³/mol. The van der Waals surface area contributed by atoms with Gasteiger partial charge in [-0.2, -0.15) is 0 Å². The number of hydrogen-bond donors (Lipinski definition) is 2. The van der Waals surface area contributed by atoms with Crippen LogP contribution < -0.4 is 0 Å². The summed E-state index contributed by atoms with van der Waals surface area (Å²) in [5.41, 5.74) is 0. The Kier molecular flexibility index (Phi) is 4.28. The molecule has 0 aromatic heterocycles. The molecule has 0 aromatic rings. The van der Waals surface area contributed by atoms with Crippen molar-refractivity contribution < 1.29 is 24.4 Å². The van der Waals surface area contributed by atoms with Crippen LogP contribution in [0.3, 0.4) is 0 Å². The lowest BCUT2D eigenvalue weighted by atomic mass is 9.92. The molecular formula is C9H18O5. The first kappa shape index (κ1) is 11.9. The molecule has 0 radical (unpaired) electrons. The fraction of sp³-hybridized carbons (Fsp3) is 1.00. The molecule has 1 aliphatic heterocycles. The Labute approximate surface area is 83.6 Å². The average Bonchev–Trinajstić information content (AvgIpc) is 2.19. The minimum absolute atomic E-state index is 0.0669. The molecule has 0 saturated carbocycles. The van der Waals surface area contributed by atoms with Gasteiger partial charge in [0, 0.05) is 20.1 Å². The van der Waals surface area contributed by atoms with Gasteiger partial charge in [0.15, 0.2) is 6.29 Å². The van der Waals surface area contributed by atoms with Crippen molar-refractivity contribution >= 4 is 0 Å². The second-order valence-electron chi connectivity index (χ2n) is 3.51. The van der Waals surface area contributed by atoms with E-state index < -0.39 is 18.5 Å². The summed E-state index contributed by atoms with van der Waals surface area (Å²) in [6.45, 7) is 1.63. The number of methoxy groups -OCH3 is 2. The van der Waals surface area contributed by atoms with Crippen molar-refractivity contribution in [2.45, 2.75) is 31.5 Å². The van der Waals surface area contributed by atoms with E-state index in [2.05, 4.69) is 0 Å². The van der Waals surface area contributed by atoms with Gasteiger partial charge in [-0.1, -0.05) is 6.92 Å². The summed E-state index contributed by atoms with van der Waals surface area (Å²) >= 11 is 0. The van der Waals surface area contributed by atoms with Crippen molar-refractivity contribution in [1.82, 2.24) is 0 Å². The number of aliphatic hydroxyl groups is 2. The molecule has 84 valence electrons. The Morgan fingerprint density at radius 1 is 1.29 bits per heavy atom. The first-order chi connectivity index (χ1) is 6.65. The SMILES string of the molecule is CO[C@@H]1OC(CO)[C@H](O)[C@H](OC)C1C. The smallest absolute Gasteiger partial charge is 0.162 e. The topological polar surface area (TPSA) is 68.2 Å². The molecular weight excluding hydrogens is 188 g/mol. The molecule has 0 amide bonds. The van der Waals surface area contributed by atoms with Gasteiger partial charge in [-0.15, -0.1) is 0 Å². The van der Waals surface area contributed by atoms with Crippen LogP contribution in [0.15, 0.2) is 0 Å². The van der Waals surface area contributed by atoms with E-state index in [1.54, 1.807) is 0 Å². The van der Waals surface area contributed by atoms with Crippen molar-refractivity contribution in [2.24, 2.45) is 5.92 Å². The standard InChI is InChI=1S/C9H18O5/c1-5-8(12-2)7(11)6(4-10)14-9(5)13-3/h5-11H,4H2,1-3H3/t5?,6?,7-,8+,9+/m0/s1. The van der Waals surface area contributed by atoms with Crippen LogP contribution in [0, 0.1) is 5.92 Å². The van der Waals surface area contributed by atoms with E-state index in [0.29, 0.717) is 0 Å². The molecule has 1 saturated heterocycles. The van der Waals surface area contributed by atoms with Crippen LogP contribution in [0.5, 0.6) is 0 Å². The summed E-state index contributed by atoms with van der Waals surface area (Å²) in [7, 11) is 3.05. The second-order valence-corrected chi connectivity index (χ2v) is 3.51. The van der Waals surface area contributed by atoms with Crippen LogP contribution in [0.25, 0.3) is 0 Å². The lowest BCUT2D eigenvalue weighted by Crippen LogP contribution is -2.55. The Morgan fingerprint density at radius 2 is 1.93 bits per heavy atom. The minimum Gasteiger partial charge on any atom is -0.394 e. The van der Waals surface area contributed by atoms with E-state index in [9.17, 15) is 5.11 Å². The molecule has 0 spiro atoms. The zero-order valence-electron chi connectivity index (χ0n) is 8.71. The fourth-order valence-corrected chi connectivity index (χ4v) is 1.83. The van der Waals surface area contributed by atoms with Crippen molar-refractivity contribution in [3.8, 4) is 0 Å². The first-order valence-corrected chi connectivity index (χ1v) is 4.65. The van der Waals surface area contributed by atoms with Crippen molar-refractivity contribution in [1.29, 1.82) is 0 Å². The van der Waals surface area contributed by atoms with E-state index in [0.717, 1.165) is 0 Å². The van der Waals surface area contributed by atoms with Crippen LogP contribution in [0.2, 0.25) is 0 Å². The van der Waals surface area contributed by atoms with E-state index >= 15 is 0 Å². The van der Waals surface area contributed by atoms with Crippen LogP contribution >= 0.6 is 0 Å². The van der Waals surface area contributed by atoms with Gasteiger partial charge in [0.25, 0.3) is 0 Å². The van der Waals surface area contributed by atoms with E-state index in [1.165, 1.54) is 14.2 Å². The van der Waals surface area contributed by atoms with Crippen molar-refractivity contribution in [3.05, 3.63) is 0 Å². The van der Waals surface area contributed by atoms with Crippen molar-refractivity contribution in [2.75, 3.05) is 20.8 Å². The average molecular weight is 206 g/mol. The van der Waals surface area contributed by atoms with Gasteiger partial charge in [-0.3, -0.25) is 0 Å². The maximum absolute atomic E-state index is 9.75. The summed E-state index contributed by atoms with van der Waals surface area (Å²) < 4.78 is 15.6. The summed E-state index contributed by atoms with van der Waals surface area (Å²) in [6.07, 6.45) is -2.26. The normalized spacial score (nSPS) is 43.9. The third kappa shape index (κ3) is 2.07. The van der Waals surface area contributed by atoms with Crippen LogP contribution in [-0.2, 0) is 14.2 Å². The lowest BCUT2D eigenvalue weighted by Gasteiger charge is -2.41. The monoisotopic (exact) mass is 206 g/mol. The molecule has 2 N–H and O–H groups in total. The Morgan fingerprint density at radius 3 is 2.36 bits per heavy atom. The molecule has 14 heavy (non-hydrogen) atoms. The van der Waals surface area contributed by atoms with Gasteiger partial charge >= 0.3 is 0 Å². The lowest BCUT2D eigenvalue weighted by molar-refractivity contribution is -0.278. The van der Waals surface area contributed by atoms with Crippen LogP contribution in [0.4, 0.5) is 0 Å². The van der Waals surface area contributed by atoms with E-state index in [4.69, 9.17) is 19.3 Å². The third-order valence-corrected chi connectivity index (χ3v) is 2.66. The largest absolute Gasteiger partial charge is 0.394 e. The number of hydrogen-bond acceptors (Lipinski definition) is 5. The number of aliphatic hydroxyl groups excluding tert-OH is 2. The van der Waals surface area contributed by atoms with Gasteiger partial charge < -0.3 is 24.4 Å². The quantitative estimate of drug-likeness (QED) is 0.643. The van der Waals surface area contributed by atoms with Crippen LogP contribution in [-0.4, -0.2) is 55.6 Å². The highest BCUT2D eigenvalue weighted by molar-refractivity contribution is 4.87. The van der Waals surface area contributed by atoms with Gasteiger partial charge in [-0.05, 0) is 0 Å². The molecule has 2 unspecified atom stereocenters. The Balaban J connectivity index is 2.72. The molecule has 1 fully saturated rings. The summed E-state index contributed by atoms with van der Waals surface area (Å²) in [6, 6.07) is 0. The van der Waals surface area contributed by atoms with E-state index in [1.807, 2.05) is 6.92 Å². The predicted octanol–water partition coefficient (Wildman–Crippen LogP) is -0.638. The first-order valence-electron chi connectivity index (χ1n) is 4.65. The fourth-order valence-electron chi connectivity index (χ4n) is 1.83. The molecule has 5 atom stereocenters. The number of rotatable bonds is 3. The Bertz CT molecular complexity index is 159. The van der Waals surface area contributed by atoms with Gasteiger partial charge in [-0.25, -0.2) is 0 Å². The molecule has 1 rings (SSSR count). The highest BCUT2D eigenvalue weighted by Gasteiger charge is 2.43.